The number of nitrogens with one attached hydrogen (secondary N) is 1. The van der Waals surface area contributed by atoms with Crippen molar-refractivity contribution < 1.29 is 4.79 Å². The molecule has 1 unspecified atom stereocenters. The third-order valence-electron chi connectivity index (χ3n) is 5.74. The normalized spacial score (nSPS) is 19.5. The summed E-state index contributed by atoms with van der Waals surface area (Å²) in [7, 11) is 1.75. The highest BCUT2D eigenvalue weighted by molar-refractivity contribution is 5.95. The van der Waals surface area contributed by atoms with Crippen LogP contribution in [0.15, 0.2) is 59.4 Å². The number of benzene rings is 2. The van der Waals surface area contributed by atoms with Crippen molar-refractivity contribution in [3.8, 4) is 0 Å². The molecule has 29 heavy (non-hydrogen) atoms. The molecule has 0 saturated carbocycles. The third kappa shape index (κ3) is 4.07. The molecule has 4 rings (SSSR count). The van der Waals surface area contributed by atoms with Gasteiger partial charge in [0.25, 0.3) is 5.91 Å². The number of fused-ring (bicyclic) bond motifs is 1. The second-order valence-corrected chi connectivity index (χ2v) is 8.26. The Bertz CT molecular complexity index is 1090. The van der Waals surface area contributed by atoms with Gasteiger partial charge in [-0.2, -0.15) is 5.10 Å². The predicted molar refractivity (Wildman–Crippen MR) is 114 cm³/mol. The minimum Gasteiger partial charge on any atom is -0.350 e. The van der Waals surface area contributed by atoms with Crippen molar-refractivity contribution in [3.63, 3.8) is 0 Å². The van der Waals surface area contributed by atoms with Gasteiger partial charge in [0.15, 0.2) is 5.69 Å². The van der Waals surface area contributed by atoms with Crippen molar-refractivity contribution in [1.82, 2.24) is 20.0 Å². The van der Waals surface area contributed by atoms with Crippen molar-refractivity contribution in [1.29, 1.82) is 0 Å². The van der Waals surface area contributed by atoms with Gasteiger partial charge in [-0.25, -0.2) is 0 Å². The zero-order valence-electron chi connectivity index (χ0n) is 16.9. The number of hydrogen-bond acceptors (Lipinski definition) is 4. The molecule has 1 fully saturated rings. The van der Waals surface area contributed by atoms with Gasteiger partial charge in [0.1, 0.15) is 0 Å². The molecule has 2 aromatic carbocycles. The standard InChI is InChI=1S/C23H26N4O2/c1-23(12-13-27(16-23)14-17-8-4-3-5-9-17)15-24-22(29)20-21(28)18-10-6-7-11-19(18)26(2)25-20/h3-11H,12-16H2,1-2H3,(H,24,29). The quantitative estimate of drug-likeness (QED) is 0.727. The van der Waals surface area contributed by atoms with Crippen LogP contribution in [-0.4, -0.2) is 40.2 Å². The minimum absolute atomic E-state index is 0.0213. The van der Waals surface area contributed by atoms with E-state index in [4.69, 9.17) is 0 Å². The van der Waals surface area contributed by atoms with E-state index in [1.807, 2.05) is 18.2 Å². The fraction of sp³-hybridized carbons (Fsp3) is 0.348. The SMILES string of the molecule is Cn1nc(C(=O)NCC2(C)CCN(Cc3ccccc3)C2)c(=O)c2ccccc21. The van der Waals surface area contributed by atoms with Crippen molar-refractivity contribution in [2.24, 2.45) is 12.5 Å². The predicted octanol–water partition coefficient (Wildman–Crippen LogP) is 2.58. The van der Waals surface area contributed by atoms with Crippen LogP contribution in [0.4, 0.5) is 0 Å². The second kappa shape index (κ2) is 7.79. The van der Waals surface area contributed by atoms with Gasteiger partial charge in [-0.05, 0) is 36.1 Å². The molecule has 0 spiro atoms. The molecule has 0 aliphatic carbocycles. The lowest BCUT2D eigenvalue weighted by Crippen LogP contribution is -2.40. The number of para-hydroxylation sites is 1. The van der Waals surface area contributed by atoms with E-state index >= 15 is 0 Å². The number of hydrogen-bond donors (Lipinski definition) is 1. The lowest BCUT2D eigenvalue weighted by atomic mass is 9.90. The molecule has 6 nitrogen and oxygen atoms in total. The maximum absolute atomic E-state index is 12.7. The van der Waals surface area contributed by atoms with E-state index in [1.165, 1.54) is 5.56 Å². The molecule has 6 heteroatoms. The van der Waals surface area contributed by atoms with E-state index in [0.717, 1.165) is 26.1 Å². The molecule has 1 N–H and O–H groups in total. The minimum atomic E-state index is -0.404. The molecule has 1 saturated heterocycles. The maximum Gasteiger partial charge on any atom is 0.275 e. The van der Waals surface area contributed by atoms with Crippen LogP contribution in [0.25, 0.3) is 10.9 Å². The number of rotatable bonds is 5. The summed E-state index contributed by atoms with van der Waals surface area (Å²) in [5.41, 5.74) is 1.62. The van der Waals surface area contributed by atoms with E-state index in [2.05, 4.69) is 46.5 Å². The summed E-state index contributed by atoms with van der Waals surface area (Å²) < 4.78 is 1.59. The third-order valence-corrected chi connectivity index (χ3v) is 5.74. The Labute approximate surface area is 170 Å². The summed E-state index contributed by atoms with van der Waals surface area (Å²) >= 11 is 0. The van der Waals surface area contributed by atoms with E-state index in [-0.39, 0.29) is 16.5 Å². The Hall–Kier alpha value is -2.99. The number of carbonyl (C=O) groups excluding carboxylic acids is 1. The summed E-state index contributed by atoms with van der Waals surface area (Å²) in [4.78, 5) is 27.9. The Kier molecular flexibility index (Phi) is 5.20. The fourth-order valence-corrected chi connectivity index (χ4v) is 4.10. The second-order valence-electron chi connectivity index (χ2n) is 8.26. The zero-order chi connectivity index (χ0) is 20.4. The van der Waals surface area contributed by atoms with Crippen LogP contribution in [0.3, 0.4) is 0 Å². The van der Waals surface area contributed by atoms with Crippen LogP contribution in [0.5, 0.6) is 0 Å². The molecule has 2 heterocycles. The van der Waals surface area contributed by atoms with E-state index in [1.54, 1.807) is 23.9 Å². The van der Waals surface area contributed by atoms with Crippen LogP contribution in [0.1, 0.15) is 29.4 Å². The zero-order valence-corrected chi connectivity index (χ0v) is 16.9. The fourth-order valence-electron chi connectivity index (χ4n) is 4.10. The van der Waals surface area contributed by atoms with Crippen LogP contribution < -0.4 is 10.7 Å². The van der Waals surface area contributed by atoms with Gasteiger partial charge in [-0.1, -0.05) is 49.4 Å². The van der Waals surface area contributed by atoms with Gasteiger partial charge in [-0.3, -0.25) is 19.2 Å². The first-order valence-corrected chi connectivity index (χ1v) is 9.96. The average Bonchev–Trinajstić information content (AvgIpc) is 3.10. The Morgan fingerprint density at radius 1 is 1.14 bits per heavy atom. The topological polar surface area (TPSA) is 67.2 Å². The first-order chi connectivity index (χ1) is 14.0. The number of carbonyl (C=O) groups is 1. The lowest BCUT2D eigenvalue weighted by molar-refractivity contribution is 0.0926. The number of nitrogens with zero attached hydrogens (tertiary/aromatic N) is 3. The summed E-state index contributed by atoms with van der Waals surface area (Å²) in [5.74, 6) is -0.404. The Balaban J connectivity index is 1.43. The van der Waals surface area contributed by atoms with Crippen molar-refractivity contribution >= 4 is 16.8 Å². The lowest BCUT2D eigenvalue weighted by Gasteiger charge is -2.25. The molecule has 1 aromatic heterocycles. The Morgan fingerprint density at radius 2 is 1.86 bits per heavy atom. The number of aryl methyl sites for hydroxylation is 1. The summed E-state index contributed by atoms with van der Waals surface area (Å²) in [6.45, 7) is 5.53. The molecule has 1 aliphatic heterocycles. The van der Waals surface area contributed by atoms with E-state index in [9.17, 15) is 9.59 Å². The molecular formula is C23H26N4O2. The monoisotopic (exact) mass is 390 g/mol. The van der Waals surface area contributed by atoms with Crippen LogP contribution in [-0.2, 0) is 13.6 Å². The average molecular weight is 390 g/mol. The van der Waals surface area contributed by atoms with Gasteiger partial charge in [-0.15, -0.1) is 0 Å². The summed E-state index contributed by atoms with van der Waals surface area (Å²) in [6, 6.07) is 17.6. The van der Waals surface area contributed by atoms with Gasteiger partial charge < -0.3 is 5.32 Å². The molecule has 1 amide bonds. The van der Waals surface area contributed by atoms with E-state index in [0.29, 0.717) is 17.4 Å². The molecular weight excluding hydrogens is 364 g/mol. The van der Waals surface area contributed by atoms with Gasteiger partial charge in [0, 0.05) is 32.1 Å². The number of amides is 1. The number of aromatic nitrogens is 2. The van der Waals surface area contributed by atoms with Crippen molar-refractivity contribution in [2.75, 3.05) is 19.6 Å². The highest BCUT2D eigenvalue weighted by Gasteiger charge is 2.34. The highest BCUT2D eigenvalue weighted by atomic mass is 16.2. The molecule has 1 aliphatic rings. The largest absolute Gasteiger partial charge is 0.350 e. The molecule has 0 radical (unpaired) electrons. The van der Waals surface area contributed by atoms with Crippen LogP contribution in [0, 0.1) is 5.41 Å². The van der Waals surface area contributed by atoms with Crippen LogP contribution >= 0.6 is 0 Å². The Morgan fingerprint density at radius 3 is 2.66 bits per heavy atom. The molecule has 150 valence electrons. The summed E-state index contributed by atoms with van der Waals surface area (Å²) in [5, 5.41) is 7.69. The molecule has 3 aromatic rings. The molecule has 1 atom stereocenters. The maximum atomic E-state index is 12.7. The van der Waals surface area contributed by atoms with Gasteiger partial charge in [0.2, 0.25) is 5.43 Å². The van der Waals surface area contributed by atoms with E-state index < -0.39 is 5.91 Å². The molecule has 0 bridgehead atoms. The smallest absolute Gasteiger partial charge is 0.275 e. The first kappa shape index (κ1) is 19.3. The van der Waals surface area contributed by atoms with Crippen molar-refractivity contribution in [3.05, 3.63) is 76.1 Å². The van der Waals surface area contributed by atoms with Gasteiger partial charge >= 0.3 is 0 Å². The summed E-state index contributed by atoms with van der Waals surface area (Å²) in [6.07, 6.45) is 1.00. The highest BCUT2D eigenvalue weighted by Crippen LogP contribution is 2.30. The van der Waals surface area contributed by atoms with Gasteiger partial charge in [0.05, 0.1) is 5.52 Å². The number of likely N-dealkylation sites (tertiary alicyclic amines) is 1. The van der Waals surface area contributed by atoms with Crippen LogP contribution in [0.2, 0.25) is 0 Å². The first-order valence-electron chi connectivity index (χ1n) is 9.96. The van der Waals surface area contributed by atoms with Crippen molar-refractivity contribution in [2.45, 2.75) is 19.9 Å².